The van der Waals surface area contributed by atoms with E-state index in [4.69, 9.17) is 9.47 Å². The minimum atomic E-state index is -0.637. The molecule has 0 spiro atoms. The zero-order chi connectivity index (χ0) is 19.5. The predicted octanol–water partition coefficient (Wildman–Crippen LogP) is 3.76. The third kappa shape index (κ3) is 4.14. The lowest BCUT2D eigenvalue weighted by atomic mass is 10.2. The topological polar surface area (TPSA) is 89.1 Å². The lowest BCUT2D eigenvalue weighted by Crippen LogP contribution is -2.30. The number of H-pyrrole nitrogens is 1. The largest absolute Gasteiger partial charge is 0.497 e. The highest BCUT2D eigenvalue weighted by Gasteiger charge is 2.27. The van der Waals surface area contributed by atoms with Crippen LogP contribution in [0.15, 0.2) is 48.5 Å². The Bertz CT molecular complexity index is 947. The summed E-state index contributed by atoms with van der Waals surface area (Å²) in [6.45, 7) is 1.71. The Morgan fingerprint density at radius 2 is 1.79 bits per heavy atom. The fourth-order valence-electron chi connectivity index (χ4n) is 2.80. The average Bonchev–Trinajstić information content (AvgIpc) is 3.46. The summed E-state index contributed by atoms with van der Waals surface area (Å²) >= 11 is 0. The van der Waals surface area contributed by atoms with Crippen LogP contribution in [0.5, 0.6) is 11.5 Å². The lowest BCUT2D eigenvalue weighted by molar-refractivity contribution is -0.122. The van der Waals surface area contributed by atoms with Gasteiger partial charge in [-0.05, 0) is 68.3 Å². The van der Waals surface area contributed by atoms with Gasteiger partial charge in [-0.1, -0.05) is 0 Å². The zero-order valence-electron chi connectivity index (χ0n) is 15.8. The normalized spacial score (nSPS) is 14.4. The molecule has 1 atom stereocenters. The number of anilines is 1. The number of nitrogens with one attached hydrogen (secondary N) is 2. The summed E-state index contributed by atoms with van der Waals surface area (Å²) in [4.78, 5) is 16.9. The minimum Gasteiger partial charge on any atom is -0.497 e. The molecule has 28 heavy (non-hydrogen) atoms. The fourth-order valence-corrected chi connectivity index (χ4v) is 2.80. The van der Waals surface area contributed by atoms with Crippen molar-refractivity contribution in [3.8, 4) is 22.9 Å². The maximum absolute atomic E-state index is 12.4. The monoisotopic (exact) mass is 378 g/mol. The van der Waals surface area contributed by atoms with E-state index in [1.807, 2.05) is 24.3 Å². The summed E-state index contributed by atoms with van der Waals surface area (Å²) in [5, 5.41) is 10.1. The molecule has 1 aromatic heterocycles. The number of methoxy groups -OCH3 is 1. The van der Waals surface area contributed by atoms with Crippen molar-refractivity contribution in [2.24, 2.45) is 0 Å². The van der Waals surface area contributed by atoms with Gasteiger partial charge in [0.25, 0.3) is 5.91 Å². The van der Waals surface area contributed by atoms with Gasteiger partial charge in [0, 0.05) is 17.2 Å². The van der Waals surface area contributed by atoms with Crippen LogP contribution in [0.3, 0.4) is 0 Å². The Morgan fingerprint density at radius 1 is 1.11 bits per heavy atom. The van der Waals surface area contributed by atoms with E-state index in [1.54, 1.807) is 38.3 Å². The molecule has 3 aromatic rings. The highest BCUT2D eigenvalue weighted by atomic mass is 16.5. The van der Waals surface area contributed by atoms with Gasteiger partial charge < -0.3 is 14.8 Å². The van der Waals surface area contributed by atoms with Gasteiger partial charge in [0.1, 0.15) is 17.3 Å². The Hall–Kier alpha value is -3.35. The van der Waals surface area contributed by atoms with Crippen molar-refractivity contribution in [3.63, 3.8) is 0 Å². The van der Waals surface area contributed by atoms with Crippen LogP contribution in [0.1, 0.15) is 31.5 Å². The molecule has 1 amide bonds. The van der Waals surface area contributed by atoms with Gasteiger partial charge in [-0.2, -0.15) is 5.10 Å². The van der Waals surface area contributed by atoms with Gasteiger partial charge in [-0.3, -0.25) is 9.89 Å². The van der Waals surface area contributed by atoms with Crippen molar-refractivity contribution < 1.29 is 14.3 Å². The van der Waals surface area contributed by atoms with Crippen molar-refractivity contribution in [2.75, 3.05) is 12.4 Å². The molecule has 1 fully saturated rings. The molecule has 2 aromatic carbocycles. The van der Waals surface area contributed by atoms with Crippen LogP contribution in [-0.4, -0.2) is 34.3 Å². The average molecular weight is 378 g/mol. The van der Waals surface area contributed by atoms with Crippen LogP contribution < -0.4 is 14.8 Å². The van der Waals surface area contributed by atoms with E-state index in [-0.39, 0.29) is 5.91 Å². The molecule has 2 N–H and O–H groups in total. The Balaban J connectivity index is 1.35. The fraction of sp³-hybridized carbons (Fsp3) is 0.286. The third-order valence-electron chi connectivity index (χ3n) is 4.62. The molecule has 7 nitrogen and oxygen atoms in total. The quantitative estimate of drug-likeness (QED) is 0.653. The van der Waals surface area contributed by atoms with Crippen molar-refractivity contribution >= 4 is 11.6 Å². The molecule has 7 heteroatoms. The van der Waals surface area contributed by atoms with Crippen molar-refractivity contribution in [3.05, 3.63) is 54.4 Å². The van der Waals surface area contributed by atoms with Gasteiger partial charge in [-0.15, -0.1) is 0 Å². The second kappa shape index (κ2) is 7.72. The van der Waals surface area contributed by atoms with Crippen LogP contribution in [0, 0.1) is 0 Å². The minimum absolute atomic E-state index is 0.225. The van der Waals surface area contributed by atoms with Crippen LogP contribution in [-0.2, 0) is 4.79 Å². The molecule has 0 aliphatic heterocycles. The second-order valence-electron chi connectivity index (χ2n) is 6.82. The molecular formula is C21H22N4O3. The van der Waals surface area contributed by atoms with Gasteiger partial charge in [0.05, 0.1) is 7.11 Å². The number of carbonyl (C=O) groups excluding carboxylic acids is 1. The van der Waals surface area contributed by atoms with E-state index in [0.29, 0.717) is 23.2 Å². The molecule has 1 unspecified atom stereocenters. The predicted molar refractivity (Wildman–Crippen MR) is 106 cm³/mol. The highest BCUT2D eigenvalue weighted by Crippen LogP contribution is 2.38. The van der Waals surface area contributed by atoms with Crippen LogP contribution in [0.2, 0.25) is 0 Å². The smallest absolute Gasteiger partial charge is 0.265 e. The van der Waals surface area contributed by atoms with Gasteiger partial charge in [-0.25, -0.2) is 4.98 Å². The van der Waals surface area contributed by atoms with Crippen molar-refractivity contribution in [1.29, 1.82) is 0 Å². The lowest BCUT2D eigenvalue weighted by Gasteiger charge is -2.15. The highest BCUT2D eigenvalue weighted by molar-refractivity contribution is 5.94. The van der Waals surface area contributed by atoms with E-state index in [0.717, 1.165) is 17.1 Å². The second-order valence-corrected chi connectivity index (χ2v) is 6.82. The molecule has 0 saturated heterocycles. The summed E-state index contributed by atoms with van der Waals surface area (Å²) in [6, 6.07) is 14.6. The van der Waals surface area contributed by atoms with Crippen LogP contribution >= 0.6 is 0 Å². The van der Waals surface area contributed by atoms with Gasteiger partial charge in [0.2, 0.25) is 0 Å². The first-order valence-electron chi connectivity index (χ1n) is 9.26. The standard InChI is InChI=1S/C21H22N4O3/c1-13(28-18-11-9-17(27-2)10-12-18)21(26)22-16-7-5-15(6-8-16)20-23-19(24-25-20)14-3-4-14/h5-14H,3-4H2,1-2H3,(H,22,26)(H,23,24,25). The summed E-state index contributed by atoms with van der Waals surface area (Å²) < 4.78 is 10.8. The summed E-state index contributed by atoms with van der Waals surface area (Å²) in [5.41, 5.74) is 1.60. The Labute approximate surface area is 163 Å². The maximum atomic E-state index is 12.4. The van der Waals surface area contributed by atoms with E-state index < -0.39 is 6.10 Å². The van der Waals surface area contributed by atoms with E-state index in [9.17, 15) is 4.79 Å². The Kier molecular flexibility index (Phi) is 4.97. The summed E-state index contributed by atoms with van der Waals surface area (Å²) in [7, 11) is 1.60. The van der Waals surface area contributed by atoms with Gasteiger partial charge >= 0.3 is 0 Å². The Morgan fingerprint density at radius 3 is 2.43 bits per heavy atom. The third-order valence-corrected chi connectivity index (χ3v) is 4.62. The van der Waals surface area contributed by atoms with E-state index in [1.165, 1.54) is 12.8 Å². The molecule has 1 saturated carbocycles. The molecule has 1 heterocycles. The number of nitrogens with zero attached hydrogens (tertiary/aromatic N) is 2. The van der Waals surface area contributed by atoms with Crippen LogP contribution in [0.25, 0.3) is 11.4 Å². The first kappa shape index (κ1) is 18.0. The SMILES string of the molecule is COc1ccc(OC(C)C(=O)Nc2ccc(-c3n[nH]c(C4CC4)n3)cc2)cc1. The maximum Gasteiger partial charge on any atom is 0.265 e. The van der Waals surface area contributed by atoms with Gasteiger partial charge in [0.15, 0.2) is 11.9 Å². The zero-order valence-corrected chi connectivity index (χ0v) is 15.8. The molecule has 1 aliphatic rings. The summed E-state index contributed by atoms with van der Waals surface area (Å²) in [6.07, 6.45) is 1.72. The number of benzene rings is 2. The number of hydrogen-bond acceptors (Lipinski definition) is 5. The van der Waals surface area contributed by atoms with E-state index in [2.05, 4.69) is 20.5 Å². The van der Waals surface area contributed by atoms with Crippen molar-refractivity contribution in [2.45, 2.75) is 31.8 Å². The van der Waals surface area contributed by atoms with E-state index >= 15 is 0 Å². The molecule has 0 radical (unpaired) electrons. The molecule has 4 rings (SSSR count). The first-order chi connectivity index (χ1) is 13.6. The number of hydrogen-bond donors (Lipinski definition) is 2. The van der Waals surface area contributed by atoms with Crippen LogP contribution in [0.4, 0.5) is 5.69 Å². The summed E-state index contributed by atoms with van der Waals surface area (Å²) in [5.74, 6) is 3.28. The number of aromatic nitrogens is 3. The first-order valence-corrected chi connectivity index (χ1v) is 9.26. The number of rotatable bonds is 7. The van der Waals surface area contributed by atoms with Crippen molar-refractivity contribution in [1.82, 2.24) is 15.2 Å². The molecular weight excluding hydrogens is 356 g/mol. The molecule has 0 bridgehead atoms. The number of ether oxygens (including phenoxy) is 2. The molecule has 1 aliphatic carbocycles. The number of carbonyl (C=O) groups is 1. The number of aromatic amines is 1. The number of amides is 1. The molecule has 144 valence electrons.